The summed E-state index contributed by atoms with van der Waals surface area (Å²) in [7, 11) is 0. The van der Waals surface area contributed by atoms with Crippen molar-refractivity contribution in [2.75, 3.05) is 11.9 Å². The zero-order chi connectivity index (χ0) is 10.4. The van der Waals surface area contributed by atoms with E-state index in [-0.39, 0.29) is 13.2 Å². The van der Waals surface area contributed by atoms with Crippen LogP contribution in [0.3, 0.4) is 0 Å². The van der Waals surface area contributed by atoms with Crippen molar-refractivity contribution in [2.45, 2.75) is 13.2 Å². The standard InChI is InChI=1S/C10H13BrO3/c11-1-2-14-10-4-8(6-12)3-9(5-10)7-13/h3-5,12-13H,1-2,6-7H2. The van der Waals surface area contributed by atoms with Crippen LogP contribution in [0, 0.1) is 0 Å². The topological polar surface area (TPSA) is 49.7 Å². The zero-order valence-corrected chi connectivity index (χ0v) is 9.33. The van der Waals surface area contributed by atoms with Crippen molar-refractivity contribution in [1.29, 1.82) is 0 Å². The molecule has 0 amide bonds. The number of hydrogen-bond acceptors (Lipinski definition) is 3. The van der Waals surface area contributed by atoms with Crippen LogP contribution >= 0.6 is 15.9 Å². The van der Waals surface area contributed by atoms with Crippen molar-refractivity contribution in [1.82, 2.24) is 0 Å². The molecule has 1 rings (SSSR count). The second kappa shape index (κ2) is 6.01. The highest BCUT2D eigenvalue weighted by Crippen LogP contribution is 2.17. The minimum atomic E-state index is -0.0431. The molecule has 0 unspecified atom stereocenters. The number of halogens is 1. The van der Waals surface area contributed by atoms with Crippen molar-refractivity contribution in [2.24, 2.45) is 0 Å². The predicted octanol–water partition coefficient (Wildman–Crippen LogP) is 1.44. The summed E-state index contributed by atoms with van der Waals surface area (Å²) < 4.78 is 5.37. The molecule has 0 atom stereocenters. The van der Waals surface area contributed by atoms with Crippen LogP contribution in [-0.2, 0) is 13.2 Å². The molecular weight excluding hydrogens is 248 g/mol. The molecule has 78 valence electrons. The third kappa shape index (κ3) is 3.29. The van der Waals surface area contributed by atoms with E-state index in [1.54, 1.807) is 18.2 Å². The van der Waals surface area contributed by atoms with Crippen molar-refractivity contribution in [3.63, 3.8) is 0 Å². The van der Waals surface area contributed by atoms with Crippen molar-refractivity contribution < 1.29 is 14.9 Å². The van der Waals surface area contributed by atoms with E-state index in [0.717, 1.165) is 16.5 Å². The lowest BCUT2D eigenvalue weighted by molar-refractivity contribution is 0.272. The van der Waals surface area contributed by atoms with E-state index in [1.807, 2.05) is 0 Å². The Labute approximate surface area is 91.5 Å². The van der Waals surface area contributed by atoms with Crippen LogP contribution in [0.4, 0.5) is 0 Å². The molecule has 1 aromatic carbocycles. The molecule has 0 heterocycles. The average molecular weight is 261 g/mol. The minimum Gasteiger partial charge on any atom is -0.493 e. The summed E-state index contributed by atoms with van der Waals surface area (Å²) in [5.74, 6) is 0.681. The maximum absolute atomic E-state index is 8.96. The number of hydrogen-bond donors (Lipinski definition) is 2. The minimum absolute atomic E-state index is 0.0431. The molecule has 0 aromatic heterocycles. The lowest BCUT2D eigenvalue weighted by Crippen LogP contribution is -1.99. The molecular formula is C10H13BrO3. The molecule has 0 fully saturated rings. The quantitative estimate of drug-likeness (QED) is 0.788. The first kappa shape index (κ1) is 11.5. The molecule has 0 spiro atoms. The van der Waals surface area contributed by atoms with Crippen molar-refractivity contribution in [3.8, 4) is 5.75 Å². The first-order valence-electron chi connectivity index (χ1n) is 4.33. The molecule has 4 heteroatoms. The maximum atomic E-state index is 8.96. The lowest BCUT2D eigenvalue weighted by atomic mass is 10.1. The van der Waals surface area contributed by atoms with Gasteiger partial charge in [-0.15, -0.1) is 0 Å². The molecule has 14 heavy (non-hydrogen) atoms. The maximum Gasteiger partial charge on any atom is 0.120 e. The summed E-state index contributed by atoms with van der Waals surface area (Å²) in [6.07, 6.45) is 0. The van der Waals surface area contributed by atoms with Gasteiger partial charge in [-0.05, 0) is 23.3 Å². The van der Waals surface area contributed by atoms with Crippen LogP contribution in [0.25, 0.3) is 0 Å². The number of ether oxygens (including phenoxy) is 1. The van der Waals surface area contributed by atoms with Gasteiger partial charge in [0.15, 0.2) is 0 Å². The average Bonchev–Trinajstić information content (AvgIpc) is 2.25. The number of aliphatic hydroxyl groups is 2. The predicted molar refractivity (Wildman–Crippen MR) is 57.6 cm³/mol. The summed E-state index contributed by atoms with van der Waals surface area (Å²) in [5.41, 5.74) is 1.50. The molecule has 0 bridgehead atoms. The zero-order valence-electron chi connectivity index (χ0n) is 7.74. The number of alkyl halides is 1. The fourth-order valence-corrected chi connectivity index (χ4v) is 1.31. The van der Waals surface area contributed by atoms with Gasteiger partial charge in [0.1, 0.15) is 5.75 Å². The number of benzene rings is 1. The van der Waals surface area contributed by atoms with Gasteiger partial charge in [-0.1, -0.05) is 22.0 Å². The summed E-state index contributed by atoms with van der Waals surface area (Å²) in [6, 6.07) is 5.28. The third-order valence-corrected chi connectivity index (χ3v) is 2.06. The van der Waals surface area contributed by atoms with E-state index < -0.39 is 0 Å². The molecule has 2 N–H and O–H groups in total. The van der Waals surface area contributed by atoms with Crippen LogP contribution in [-0.4, -0.2) is 22.2 Å². The van der Waals surface area contributed by atoms with Crippen molar-refractivity contribution in [3.05, 3.63) is 29.3 Å². The van der Waals surface area contributed by atoms with Gasteiger partial charge in [0, 0.05) is 5.33 Å². The largest absolute Gasteiger partial charge is 0.493 e. The molecule has 0 aliphatic carbocycles. The molecule has 0 saturated carbocycles. The second-order valence-corrected chi connectivity index (χ2v) is 3.63. The molecule has 0 aliphatic rings. The highest BCUT2D eigenvalue weighted by molar-refractivity contribution is 9.09. The lowest BCUT2D eigenvalue weighted by Gasteiger charge is -2.08. The van der Waals surface area contributed by atoms with Crippen LogP contribution in [0.5, 0.6) is 5.75 Å². The van der Waals surface area contributed by atoms with E-state index in [9.17, 15) is 0 Å². The van der Waals surface area contributed by atoms with Gasteiger partial charge in [-0.2, -0.15) is 0 Å². The fraction of sp³-hybridized carbons (Fsp3) is 0.400. The normalized spacial score (nSPS) is 10.2. The van der Waals surface area contributed by atoms with Crippen LogP contribution in [0.15, 0.2) is 18.2 Å². The summed E-state index contributed by atoms with van der Waals surface area (Å²) in [5, 5.41) is 18.7. The summed E-state index contributed by atoms with van der Waals surface area (Å²) in [4.78, 5) is 0. The van der Waals surface area contributed by atoms with Gasteiger partial charge < -0.3 is 14.9 Å². The molecule has 0 aliphatic heterocycles. The van der Waals surface area contributed by atoms with E-state index in [1.165, 1.54) is 0 Å². The summed E-state index contributed by atoms with van der Waals surface area (Å²) >= 11 is 3.25. The summed E-state index contributed by atoms with van der Waals surface area (Å²) in [6.45, 7) is 0.483. The van der Waals surface area contributed by atoms with Gasteiger partial charge >= 0.3 is 0 Å². The Morgan fingerprint density at radius 1 is 1.07 bits per heavy atom. The van der Waals surface area contributed by atoms with Gasteiger partial charge in [0.05, 0.1) is 19.8 Å². The highest BCUT2D eigenvalue weighted by atomic mass is 79.9. The smallest absolute Gasteiger partial charge is 0.120 e. The van der Waals surface area contributed by atoms with Gasteiger partial charge in [0.25, 0.3) is 0 Å². The first-order valence-corrected chi connectivity index (χ1v) is 5.45. The molecule has 3 nitrogen and oxygen atoms in total. The van der Waals surface area contributed by atoms with Gasteiger partial charge in [0.2, 0.25) is 0 Å². The van der Waals surface area contributed by atoms with Crippen LogP contribution in [0.1, 0.15) is 11.1 Å². The van der Waals surface area contributed by atoms with Crippen LogP contribution in [0.2, 0.25) is 0 Å². The molecule has 1 aromatic rings. The molecule has 0 saturated heterocycles. The van der Waals surface area contributed by atoms with Gasteiger partial charge in [-0.3, -0.25) is 0 Å². The Hall–Kier alpha value is -0.580. The van der Waals surface area contributed by atoms with Crippen molar-refractivity contribution >= 4 is 15.9 Å². The van der Waals surface area contributed by atoms with E-state index in [4.69, 9.17) is 14.9 Å². The van der Waals surface area contributed by atoms with E-state index in [0.29, 0.717) is 12.4 Å². The monoisotopic (exact) mass is 260 g/mol. The fourth-order valence-electron chi connectivity index (χ4n) is 1.15. The molecule has 0 radical (unpaired) electrons. The van der Waals surface area contributed by atoms with Crippen LogP contribution < -0.4 is 4.74 Å². The van der Waals surface area contributed by atoms with E-state index in [2.05, 4.69) is 15.9 Å². The Bertz CT molecular complexity index is 266. The van der Waals surface area contributed by atoms with Gasteiger partial charge in [-0.25, -0.2) is 0 Å². The first-order chi connectivity index (χ1) is 6.80. The SMILES string of the molecule is OCc1cc(CO)cc(OCCBr)c1. The number of rotatable bonds is 5. The second-order valence-electron chi connectivity index (χ2n) is 2.84. The highest BCUT2D eigenvalue weighted by Gasteiger charge is 2.00. The third-order valence-electron chi connectivity index (χ3n) is 1.74. The Morgan fingerprint density at radius 3 is 2.07 bits per heavy atom. The Kier molecular flexibility index (Phi) is 4.93. The van der Waals surface area contributed by atoms with E-state index >= 15 is 0 Å². The number of aliphatic hydroxyl groups excluding tert-OH is 2. The Morgan fingerprint density at radius 2 is 1.64 bits per heavy atom. The Balaban J connectivity index is 2.81.